The molecule has 14 heavy (non-hydrogen) atoms. The van der Waals surface area contributed by atoms with Crippen LogP contribution in [-0.4, -0.2) is 5.96 Å². The van der Waals surface area contributed by atoms with Crippen LogP contribution >= 0.6 is 39.9 Å². The van der Waals surface area contributed by atoms with Gasteiger partial charge in [-0.15, -0.1) is 24.0 Å². The van der Waals surface area contributed by atoms with Crippen molar-refractivity contribution in [2.45, 2.75) is 6.54 Å². The Morgan fingerprint density at radius 3 is 2.64 bits per heavy atom. The van der Waals surface area contributed by atoms with Crippen molar-refractivity contribution in [2.75, 3.05) is 0 Å². The van der Waals surface area contributed by atoms with Crippen molar-refractivity contribution in [2.24, 2.45) is 16.5 Å². The molecule has 0 atom stereocenters. The number of nitrogens with two attached hydrogens (primary N) is 2. The molecule has 0 spiro atoms. The molecule has 1 aromatic rings. The fraction of sp³-hybridized carbons (Fsp3) is 0.125. The van der Waals surface area contributed by atoms with Gasteiger partial charge in [0.15, 0.2) is 5.96 Å². The molecule has 0 unspecified atom stereocenters. The van der Waals surface area contributed by atoms with E-state index < -0.39 is 0 Å². The SMILES string of the molecule is I.NC(N)=NCc1cc(Br)ccc1F. The molecule has 0 saturated carbocycles. The van der Waals surface area contributed by atoms with Gasteiger partial charge in [-0.2, -0.15) is 0 Å². The smallest absolute Gasteiger partial charge is 0.186 e. The third kappa shape index (κ3) is 4.23. The van der Waals surface area contributed by atoms with Crippen molar-refractivity contribution >= 4 is 45.9 Å². The average molecular weight is 374 g/mol. The minimum atomic E-state index is -0.312. The van der Waals surface area contributed by atoms with Crippen molar-refractivity contribution in [1.82, 2.24) is 0 Å². The van der Waals surface area contributed by atoms with Crippen molar-refractivity contribution in [3.63, 3.8) is 0 Å². The number of rotatable bonds is 2. The molecule has 0 fully saturated rings. The number of benzene rings is 1. The second-order valence-corrected chi connectivity index (χ2v) is 3.39. The molecule has 0 aliphatic heterocycles. The van der Waals surface area contributed by atoms with Gasteiger partial charge >= 0.3 is 0 Å². The summed E-state index contributed by atoms with van der Waals surface area (Å²) in [5.41, 5.74) is 10.7. The number of hydrogen-bond donors (Lipinski definition) is 2. The Kier molecular flexibility index (Phi) is 6.01. The van der Waals surface area contributed by atoms with Crippen LogP contribution in [0.3, 0.4) is 0 Å². The summed E-state index contributed by atoms with van der Waals surface area (Å²) in [6.45, 7) is 0.160. The first kappa shape index (κ1) is 13.6. The van der Waals surface area contributed by atoms with Crippen molar-refractivity contribution in [3.05, 3.63) is 34.1 Å². The Hall–Kier alpha value is -0.370. The molecule has 0 radical (unpaired) electrons. The Labute approximate surface area is 107 Å². The molecule has 1 rings (SSSR count). The van der Waals surface area contributed by atoms with E-state index in [1.165, 1.54) is 6.07 Å². The van der Waals surface area contributed by atoms with Gasteiger partial charge in [-0.3, -0.25) is 0 Å². The second-order valence-electron chi connectivity index (χ2n) is 2.48. The molecule has 0 heterocycles. The Balaban J connectivity index is 0.00000169. The lowest BCUT2D eigenvalue weighted by molar-refractivity contribution is 0.610. The highest BCUT2D eigenvalue weighted by atomic mass is 127. The van der Waals surface area contributed by atoms with E-state index in [0.29, 0.717) is 5.56 Å². The third-order valence-corrected chi connectivity index (χ3v) is 1.93. The van der Waals surface area contributed by atoms with Crippen molar-refractivity contribution < 1.29 is 4.39 Å². The summed E-state index contributed by atoms with van der Waals surface area (Å²) in [5, 5.41) is 0. The lowest BCUT2D eigenvalue weighted by Gasteiger charge is -2.00. The maximum absolute atomic E-state index is 13.0. The monoisotopic (exact) mass is 373 g/mol. The van der Waals surface area contributed by atoms with Crippen LogP contribution in [0, 0.1) is 5.82 Å². The van der Waals surface area contributed by atoms with Crippen molar-refractivity contribution in [3.8, 4) is 0 Å². The van der Waals surface area contributed by atoms with E-state index in [2.05, 4.69) is 20.9 Å². The first-order chi connectivity index (χ1) is 6.09. The molecule has 0 aliphatic rings. The summed E-state index contributed by atoms with van der Waals surface area (Å²) in [5.74, 6) is -0.354. The van der Waals surface area contributed by atoms with Gasteiger partial charge in [-0.1, -0.05) is 15.9 Å². The van der Waals surface area contributed by atoms with E-state index in [0.717, 1.165) is 4.47 Å². The summed E-state index contributed by atoms with van der Waals surface area (Å²) < 4.78 is 13.8. The molecule has 6 heteroatoms. The number of nitrogens with zero attached hydrogens (tertiary/aromatic N) is 1. The molecule has 0 bridgehead atoms. The highest BCUT2D eigenvalue weighted by Crippen LogP contribution is 2.15. The zero-order valence-electron chi connectivity index (χ0n) is 7.21. The van der Waals surface area contributed by atoms with Crippen LogP contribution < -0.4 is 11.5 Å². The molecule has 0 aromatic heterocycles. The minimum Gasteiger partial charge on any atom is -0.370 e. The fourth-order valence-electron chi connectivity index (χ4n) is 0.841. The molecule has 0 aliphatic carbocycles. The van der Waals surface area contributed by atoms with E-state index >= 15 is 0 Å². The second kappa shape index (κ2) is 6.18. The van der Waals surface area contributed by atoms with Crippen LogP contribution in [0.1, 0.15) is 5.56 Å². The molecular formula is C8H10BrFIN3. The zero-order valence-corrected chi connectivity index (χ0v) is 11.1. The quantitative estimate of drug-likeness (QED) is 0.473. The molecule has 1 aromatic carbocycles. The van der Waals surface area contributed by atoms with Crippen LogP contribution in [0.2, 0.25) is 0 Å². The molecule has 0 amide bonds. The fourth-order valence-corrected chi connectivity index (χ4v) is 1.25. The van der Waals surface area contributed by atoms with Crippen LogP contribution in [0.25, 0.3) is 0 Å². The predicted octanol–water partition coefficient (Wildman–Crippen LogP) is 1.98. The highest BCUT2D eigenvalue weighted by Gasteiger charge is 2.01. The lowest BCUT2D eigenvalue weighted by Crippen LogP contribution is -2.22. The average Bonchev–Trinajstić information content (AvgIpc) is 2.06. The standard InChI is InChI=1S/C8H9BrFN3.HI/c9-6-1-2-7(10)5(3-6)4-13-8(11)12;/h1-3H,4H2,(H4,11,12,13);1H. The largest absolute Gasteiger partial charge is 0.370 e. The minimum absolute atomic E-state index is 0. The Bertz CT molecular complexity index is 339. The van der Waals surface area contributed by atoms with Crippen molar-refractivity contribution in [1.29, 1.82) is 0 Å². The summed E-state index contributed by atoms with van der Waals surface area (Å²) in [7, 11) is 0. The predicted molar refractivity (Wildman–Crippen MR) is 69.0 cm³/mol. The first-order valence-corrected chi connectivity index (χ1v) is 4.38. The summed E-state index contributed by atoms with van der Waals surface area (Å²) in [4.78, 5) is 3.71. The maximum atomic E-state index is 13.0. The van der Waals surface area contributed by atoms with E-state index in [1.54, 1.807) is 12.1 Å². The normalized spacial score (nSPS) is 9.00. The molecule has 4 N–H and O–H groups in total. The maximum Gasteiger partial charge on any atom is 0.186 e. The Morgan fingerprint density at radius 2 is 2.07 bits per heavy atom. The molecule has 78 valence electrons. The summed E-state index contributed by atoms with van der Waals surface area (Å²) in [6.07, 6.45) is 0. The van der Waals surface area contributed by atoms with Crippen LogP contribution in [0.15, 0.2) is 27.7 Å². The van der Waals surface area contributed by atoms with Gasteiger partial charge in [0.25, 0.3) is 0 Å². The molecule has 3 nitrogen and oxygen atoms in total. The molecule has 0 saturated heterocycles. The first-order valence-electron chi connectivity index (χ1n) is 3.59. The zero-order chi connectivity index (χ0) is 9.84. The van der Waals surface area contributed by atoms with Gasteiger partial charge in [-0.05, 0) is 18.2 Å². The number of guanidine groups is 1. The number of halogens is 3. The number of aliphatic imine (C=N–C) groups is 1. The third-order valence-electron chi connectivity index (χ3n) is 1.44. The summed E-state index contributed by atoms with van der Waals surface area (Å²) in [6, 6.07) is 4.62. The van der Waals surface area contributed by atoms with Gasteiger partial charge in [0.1, 0.15) is 5.82 Å². The van der Waals surface area contributed by atoms with E-state index in [-0.39, 0.29) is 42.3 Å². The topological polar surface area (TPSA) is 64.4 Å². The highest BCUT2D eigenvalue weighted by molar-refractivity contribution is 14.0. The van der Waals surface area contributed by atoms with E-state index in [4.69, 9.17) is 11.5 Å². The van der Waals surface area contributed by atoms with Gasteiger partial charge in [0, 0.05) is 10.0 Å². The van der Waals surface area contributed by atoms with E-state index in [9.17, 15) is 4.39 Å². The van der Waals surface area contributed by atoms with E-state index in [1.807, 2.05) is 0 Å². The number of hydrogen-bond acceptors (Lipinski definition) is 1. The lowest BCUT2D eigenvalue weighted by atomic mass is 10.2. The van der Waals surface area contributed by atoms with Crippen LogP contribution in [0.5, 0.6) is 0 Å². The Morgan fingerprint density at radius 1 is 1.43 bits per heavy atom. The van der Waals surface area contributed by atoms with Gasteiger partial charge in [0.05, 0.1) is 6.54 Å². The van der Waals surface area contributed by atoms with Gasteiger partial charge < -0.3 is 11.5 Å². The van der Waals surface area contributed by atoms with Gasteiger partial charge in [-0.25, -0.2) is 9.38 Å². The van der Waals surface area contributed by atoms with Crippen LogP contribution in [-0.2, 0) is 6.54 Å². The van der Waals surface area contributed by atoms with Crippen LogP contribution in [0.4, 0.5) is 4.39 Å². The summed E-state index contributed by atoms with van der Waals surface area (Å²) >= 11 is 3.23. The molecular weight excluding hydrogens is 364 g/mol. The van der Waals surface area contributed by atoms with Gasteiger partial charge in [0.2, 0.25) is 0 Å².